The van der Waals surface area contributed by atoms with Crippen LogP contribution in [0.15, 0.2) is 69.7 Å². The van der Waals surface area contributed by atoms with Crippen LogP contribution < -0.4 is 0 Å². The summed E-state index contributed by atoms with van der Waals surface area (Å²) in [5.74, 6) is 1.32. The summed E-state index contributed by atoms with van der Waals surface area (Å²) in [6.07, 6.45) is 1.65. The number of hydrogen-bond acceptors (Lipinski definition) is 3. The van der Waals surface area contributed by atoms with Crippen molar-refractivity contribution in [1.82, 2.24) is 4.98 Å². The van der Waals surface area contributed by atoms with Gasteiger partial charge in [0.2, 0.25) is 5.89 Å². The van der Waals surface area contributed by atoms with Crippen LogP contribution >= 0.6 is 11.6 Å². The Balaban J connectivity index is 1.85. The maximum absolute atomic E-state index is 6.18. The van der Waals surface area contributed by atoms with E-state index in [1.54, 1.807) is 6.26 Å². The molecule has 4 aromatic rings. The van der Waals surface area contributed by atoms with Crippen molar-refractivity contribution in [2.24, 2.45) is 0 Å². The molecule has 0 saturated heterocycles. The Morgan fingerprint density at radius 3 is 2.67 bits per heavy atom. The molecular formula is C17H10ClNO2. The Morgan fingerprint density at radius 1 is 0.952 bits per heavy atom. The lowest BCUT2D eigenvalue weighted by molar-refractivity contribution is 0.581. The van der Waals surface area contributed by atoms with Gasteiger partial charge in [0.25, 0.3) is 0 Å². The van der Waals surface area contributed by atoms with Crippen LogP contribution in [0, 0.1) is 0 Å². The first-order valence-electron chi connectivity index (χ1n) is 6.50. The molecule has 4 rings (SSSR count). The lowest BCUT2D eigenvalue weighted by Gasteiger charge is -1.97. The number of hydrogen-bond donors (Lipinski definition) is 0. The zero-order valence-electron chi connectivity index (χ0n) is 10.9. The molecule has 0 radical (unpaired) electrons. The second kappa shape index (κ2) is 4.79. The van der Waals surface area contributed by atoms with Crippen molar-refractivity contribution in [2.45, 2.75) is 0 Å². The van der Waals surface area contributed by atoms with E-state index in [1.165, 1.54) is 0 Å². The summed E-state index contributed by atoms with van der Waals surface area (Å²) in [4.78, 5) is 4.48. The molecule has 2 aromatic carbocycles. The molecule has 0 saturated carbocycles. The molecule has 0 aliphatic rings. The van der Waals surface area contributed by atoms with Crippen LogP contribution in [0.5, 0.6) is 0 Å². The molecule has 0 bridgehead atoms. The van der Waals surface area contributed by atoms with Crippen molar-refractivity contribution in [1.29, 1.82) is 0 Å². The van der Waals surface area contributed by atoms with Gasteiger partial charge in [-0.1, -0.05) is 23.7 Å². The minimum Gasteiger partial charge on any atom is -0.464 e. The quantitative estimate of drug-likeness (QED) is 0.496. The molecule has 0 atom stereocenters. The van der Waals surface area contributed by atoms with Gasteiger partial charge in [-0.3, -0.25) is 0 Å². The third-order valence-electron chi connectivity index (χ3n) is 3.30. The molecule has 2 heterocycles. The molecule has 0 N–H and O–H groups in total. The van der Waals surface area contributed by atoms with Crippen molar-refractivity contribution < 1.29 is 8.83 Å². The van der Waals surface area contributed by atoms with Gasteiger partial charge in [-0.25, -0.2) is 4.98 Å². The normalized spacial score (nSPS) is 11.1. The fourth-order valence-corrected chi connectivity index (χ4v) is 2.49. The van der Waals surface area contributed by atoms with Crippen LogP contribution in [-0.2, 0) is 0 Å². The summed E-state index contributed by atoms with van der Waals surface area (Å²) in [7, 11) is 0. The topological polar surface area (TPSA) is 39.2 Å². The lowest BCUT2D eigenvalue weighted by atomic mass is 10.1. The van der Waals surface area contributed by atoms with Crippen molar-refractivity contribution in [3.05, 3.63) is 65.9 Å². The Morgan fingerprint density at radius 2 is 1.86 bits per heavy atom. The van der Waals surface area contributed by atoms with E-state index in [-0.39, 0.29) is 0 Å². The number of nitrogens with zero attached hydrogens (tertiary/aromatic N) is 1. The highest BCUT2D eigenvalue weighted by atomic mass is 35.5. The molecule has 0 amide bonds. The van der Waals surface area contributed by atoms with Crippen molar-refractivity contribution in [3.63, 3.8) is 0 Å². The van der Waals surface area contributed by atoms with Crippen molar-refractivity contribution in [2.75, 3.05) is 0 Å². The summed E-state index contributed by atoms with van der Waals surface area (Å²) in [5, 5.41) is 0.621. The number of benzene rings is 2. The van der Waals surface area contributed by atoms with Gasteiger partial charge in [-0.2, -0.15) is 0 Å². The van der Waals surface area contributed by atoms with E-state index in [0.29, 0.717) is 16.5 Å². The standard InChI is InChI=1S/C17H10ClNO2/c18-13-5-2-1-4-12(13)17-19-14-8-7-11(10-16(14)21-17)15-6-3-9-20-15/h1-10H. The average Bonchev–Trinajstić information content (AvgIpc) is 3.16. The van der Waals surface area contributed by atoms with Crippen LogP contribution in [0.1, 0.15) is 0 Å². The molecule has 102 valence electrons. The molecule has 3 nitrogen and oxygen atoms in total. The largest absolute Gasteiger partial charge is 0.464 e. The molecular weight excluding hydrogens is 286 g/mol. The number of rotatable bonds is 2. The number of fused-ring (bicyclic) bond motifs is 1. The van der Waals surface area contributed by atoms with Crippen LogP contribution in [0.2, 0.25) is 5.02 Å². The number of aromatic nitrogens is 1. The third-order valence-corrected chi connectivity index (χ3v) is 3.63. The second-order valence-corrected chi connectivity index (χ2v) is 5.07. The number of oxazole rings is 1. The fraction of sp³-hybridized carbons (Fsp3) is 0. The zero-order valence-corrected chi connectivity index (χ0v) is 11.7. The molecule has 0 aliphatic heterocycles. The predicted molar refractivity (Wildman–Crippen MR) is 82.2 cm³/mol. The zero-order chi connectivity index (χ0) is 14.2. The highest BCUT2D eigenvalue weighted by Gasteiger charge is 2.12. The third kappa shape index (κ3) is 2.12. The van der Waals surface area contributed by atoms with Gasteiger partial charge in [-0.15, -0.1) is 0 Å². The summed E-state index contributed by atoms with van der Waals surface area (Å²) in [5.41, 5.74) is 3.24. The molecule has 0 unspecified atom stereocenters. The first-order valence-corrected chi connectivity index (χ1v) is 6.88. The van der Waals surface area contributed by atoms with Gasteiger partial charge < -0.3 is 8.83 Å². The van der Waals surface area contributed by atoms with Gasteiger partial charge in [0.15, 0.2) is 5.58 Å². The van der Waals surface area contributed by atoms with Crippen molar-refractivity contribution >= 4 is 22.7 Å². The van der Waals surface area contributed by atoms with E-state index in [9.17, 15) is 0 Å². The minimum absolute atomic E-state index is 0.521. The van der Waals surface area contributed by atoms with E-state index in [4.69, 9.17) is 20.4 Å². The molecule has 2 aromatic heterocycles. The molecule has 0 fully saturated rings. The molecule has 0 spiro atoms. The number of halogens is 1. The Hall–Kier alpha value is -2.52. The Bertz CT molecular complexity index is 910. The first kappa shape index (κ1) is 12.2. The maximum atomic E-state index is 6.18. The first-order chi connectivity index (χ1) is 10.3. The van der Waals surface area contributed by atoms with E-state index < -0.39 is 0 Å². The summed E-state index contributed by atoms with van der Waals surface area (Å²) in [6.45, 7) is 0. The van der Waals surface area contributed by atoms with Gasteiger partial charge in [0, 0.05) is 5.56 Å². The molecule has 21 heavy (non-hydrogen) atoms. The average molecular weight is 296 g/mol. The Kier molecular flexibility index (Phi) is 2.79. The van der Waals surface area contributed by atoms with Gasteiger partial charge in [0.1, 0.15) is 11.3 Å². The van der Waals surface area contributed by atoms with E-state index in [1.807, 2.05) is 54.6 Å². The van der Waals surface area contributed by atoms with E-state index >= 15 is 0 Å². The summed E-state index contributed by atoms with van der Waals surface area (Å²) >= 11 is 6.18. The van der Waals surface area contributed by atoms with Crippen molar-refractivity contribution in [3.8, 4) is 22.8 Å². The van der Waals surface area contributed by atoms with Gasteiger partial charge in [0.05, 0.1) is 16.8 Å². The van der Waals surface area contributed by atoms with E-state index in [2.05, 4.69) is 4.98 Å². The predicted octanol–water partition coefficient (Wildman–Crippen LogP) is 5.41. The summed E-state index contributed by atoms with van der Waals surface area (Å²) < 4.78 is 11.2. The Labute approximate surface area is 125 Å². The smallest absolute Gasteiger partial charge is 0.228 e. The maximum Gasteiger partial charge on any atom is 0.228 e. The van der Waals surface area contributed by atoms with Gasteiger partial charge in [-0.05, 0) is 42.5 Å². The second-order valence-electron chi connectivity index (χ2n) is 4.66. The summed E-state index contributed by atoms with van der Waals surface area (Å²) in [6, 6.07) is 17.1. The number of furan rings is 1. The highest BCUT2D eigenvalue weighted by Crippen LogP contribution is 2.31. The molecule has 4 heteroatoms. The lowest BCUT2D eigenvalue weighted by Crippen LogP contribution is -1.77. The molecule has 0 aliphatic carbocycles. The SMILES string of the molecule is Clc1ccccc1-c1nc2ccc(-c3ccco3)cc2o1. The van der Waals surface area contributed by atoms with E-state index in [0.717, 1.165) is 22.4 Å². The monoisotopic (exact) mass is 295 g/mol. The van der Waals surface area contributed by atoms with Crippen LogP contribution in [0.4, 0.5) is 0 Å². The van der Waals surface area contributed by atoms with Crippen LogP contribution in [0.25, 0.3) is 33.9 Å². The fourth-order valence-electron chi connectivity index (χ4n) is 2.27. The highest BCUT2D eigenvalue weighted by molar-refractivity contribution is 6.33. The van der Waals surface area contributed by atoms with Gasteiger partial charge >= 0.3 is 0 Å². The van der Waals surface area contributed by atoms with Crippen LogP contribution in [0.3, 0.4) is 0 Å². The van der Waals surface area contributed by atoms with Crippen LogP contribution in [-0.4, -0.2) is 4.98 Å². The minimum atomic E-state index is 0.521.